The van der Waals surface area contributed by atoms with Crippen molar-refractivity contribution >= 4 is 11.6 Å². The van der Waals surface area contributed by atoms with Crippen molar-refractivity contribution in [2.45, 2.75) is 20.3 Å². The van der Waals surface area contributed by atoms with Gasteiger partial charge >= 0.3 is 0 Å². The van der Waals surface area contributed by atoms with Crippen molar-refractivity contribution in [3.63, 3.8) is 0 Å². The minimum atomic E-state index is -0.188. The second kappa shape index (κ2) is 4.61. The van der Waals surface area contributed by atoms with Crippen LogP contribution in [0.1, 0.15) is 20.3 Å². The Morgan fingerprint density at radius 1 is 1.36 bits per heavy atom. The molecule has 0 fully saturated rings. The molecular formula is C9H12O2. The molecule has 60 valence electrons. The molecule has 0 aliphatic heterocycles. The summed E-state index contributed by atoms with van der Waals surface area (Å²) in [5.74, 6) is -0.230. The van der Waals surface area contributed by atoms with Gasteiger partial charge in [0.15, 0.2) is 11.6 Å². The molecule has 0 heterocycles. The Morgan fingerprint density at radius 3 is 2.27 bits per heavy atom. The largest absolute Gasteiger partial charge is 0.295 e. The number of hydrogen-bond donors (Lipinski definition) is 0. The zero-order valence-corrected chi connectivity index (χ0v) is 6.89. The molecule has 0 amide bonds. The number of allylic oxidation sites excluding steroid dienone is 3. The van der Waals surface area contributed by atoms with Crippen LogP contribution >= 0.6 is 0 Å². The van der Waals surface area contributed by atoms with Gasteiger partial charge in [-0.3, -0.25) is 9.59 Å². The van der Waals surface area contributed by atoms with Gasteiger partial charge in [-0.05, 0) is 24.6 Å². The molecule has 0 aromatic carbocycles. The minimum absolute atomic E-state index is 0.0420. The predicted octanol–water partition coefficient (Wildman–Crippen LogP) is 1.67. The van der Waals surface area contributed by atoms with Crippen LogP contribution in [-0.2, 0) is 9.59 Å². The lowest BCUT2D eigenvalue weighted by Gasteiger charge is -1.88. The molecule has 0 saturated carbocycles. The molecule has 0 bridgehead atoms. The Bertz CT molecular complexity index is 212. The first-order valence-electron chi connectivity index (χ1n) is 3.48. The van der Waals surface area contributed by atoms with Gasteiger partial charge in [-0.25, -0.2) is 0 Å². The molecule has 0 radical (unpaired) electrons. The molecular weight excluding hydrogens is 140 g/mol. The van der Waals surface area contributed by atoms with Crippen LogP contribution in [0.25, 0.3) is 0 Å². The smallest absolute Gasteiger partial charge is 0.181 e. The molecule has 0 rings (SSSR count). The van der Waals surface area contributed by atoms with Gasteiger partial charge in [0.05, 0.1) is 0 Å². The van der Waals surface area contributed by atoms with E-state index in [1.54, 1.807) is 13.8 Å². The van der Waals surface area contributed by atoms with Crippen molar-refractivity contribution in [2.75, 3.05) is 0 Å². The topological polar surface area (TPSA) is 34.1 Å². The Kier molecular flexibility index (Phi) is 4.11. The lowest BCUT2D eigenvalue weighted by Crippen LogP contribution is -1.95. The number of hydrogen-bond acceptors (Lipinski definition) is 2. The molecule has 11 heavy (non-hydrogen) atoms. The van der Waals surface area contributed by atoms with Crippen LogP contribution in [0.15, 0.2) is 24.3 Å². The lowest BCUT2D eigenvalue weighted by molar-refractivity contribution is -0.115. The standard InChI is InChI=1S/C9H12O2/c1-4-8(10)5-6-9(11)7(2)3/h5-6H,2,4H2,1,3H3/b6-5-. The van der Waals surface area contributed by atoms with Crippen LogP contribution in [0, 0.1) is 0 Å². The van der Waals surface area contributed by atoms with E-state index >= 15 is 0 Å². The van der Waals surface area contributed by atoms with Gasteiger partial charge in [0, 0.05) is 6.42 Å². The van der Waals surface area contributed by atoms with Gasteiger partial charge in [0.2, 0.25) is 0 Å². The summed E-state index contributed by atoms with van der Waals surface area (Å²) in [6.07, 6.45) is 2.98. The lowest BCUT2D eigenvalue weighted by atomic mass is 10.2. The van der Waals surface area contributed by atoms with E-state index in [2.05, 4.69) is 6.58 Å². The Hall–Kier alpha value is -1.18. The Labute approximate surface area is 66.6 Å². The van der Waals surface area contributed by atoms with E-state index in [-0.39, 0.29) is 11.6 Å². The molecule has 0 aliphatic rings. The highest BCUT2D eigenvalue weighted by Gasteiger charge is 1.96. The maximum Gasteiger partial charge on any atom is 0.181 e. The van der Waals surface area contributed by atoms with E-state index < -0.39 is 0 Å². The first-order chi connectivity index (χ1) is 5.07. The van der Waals surface area contributed by atoms with Crippen LogP contribution < -0.4 is 0 Å². The zero-order valence-electron chi connectivity index (χ0n) is 6.89. The van der Waals surface area contributed by atoms with Crippen LogP contribution in [0.5, 0.6) is 0 Å². The molecule has 0 aromatic rings. The first kappa shape index (κ1) is 9.82. The fourth-order valence-electron chi connectivity index (χ4n) is 0.429. The summed E-state index contributed by atoms with van der Waals surface area (Å²) >= 11 is 0. The minimum Gasteiger partial charge on any atom is -0.295 e. The van der Waals surface area contributed by atoms with Gasteiger partial charge in [-0.1, -0.05) is 13.5 Å². The Balaban J connectivity index is 4.04. The second-order valence-electron chi connectivity index (χ2n) is 2.30. The first-order valence-corrected chi connectivity index (χ1v) is 3.48. The number of carbonyl (C=O) groups is 2. The summed E-state index contributed by atoms with van der Waals surface area (Å²) in [5.41, 5.74) is 0.449. The molecule has 2 nitrogen and oxygen atoms in total. The van der Waals surface area contributed by atoms with Gasteiger partial charge in [0.25, 0.3) is 0 Å². The van der Waals surface area contributed by atoms with Crippen molar-refractivity contribution in [1.82, 2.24) is 0 Å². The fourth-order valence-corrected chi connectivity index (χ4v) is 0.429. The summed E-state index contributed by atoms with van der Waals surface area (Å²) < 4.78 is 0. The van der Waals surface area contributed by atoms with Crippen LogP contribution in [0.2, 0.25) is 0 Å². The summed E-state index contributed by atoms with van der Waals surface area (Å²) in [7, 11) is 0. The molecule has 0 spiro atoms. The van der Waals surface area contributed by atoms with Gasteiger partial charge in [0.1, 0.15) is 0 Å². The third-order valence-electron chi connectivity index (χ3n) is 1.19. The summed E-state index contributed by atoms with van der Waals surface area (Å²) in [6, 6.07) is 0. The normalized spacial score (nSPS) is 10.0. The fraction of sp³-hybridized carbons (Fsp3) is 0.333. The highest BCUT2D eigenvalue weighted by Crippen LogP contribution is 1.92. The molecule has 0 unspecified atom stereocenters. The number of carbonyl (C=O) groups excluding carboxylic acids is 2. The predicted molar refractivity (Wildman–Crippen MR) is 44.3 cm³/mol. The molecule has 2 heteroatoms. The van der Waals surface area contributed by atoms with E-state index in [1.165, 1.54) is 12.2 Å². The van der Waals surface area contributed by atoms with Crippen molar-refractivity contribution in [1.29, 1.82) is 0 Å². The maximum absolute atomic E-state index is 10.8. The summed E-state index contributed by atoms with van der Waals surface area (Å²) in [5, 5.41) is 0. The summed E-state index contributed by atoms with van der Waals surface area (Å²) in [6.45, 7) is 6.81. The van der Waals surface area contributed by atoms with Crippen molar-refractivity contribution in [3.05, 3.63) is 24.3 Å². The molecule has 0 aliphatic carbocycles. The van der Waals surface area contributed by atoms with E-state index in [9.17, 15) is 9.59 Å². The average molecular weight is 152 g/mol. The average Bonchev–Trinajstić information content (AvgIpc) is 1.99. The van der Waals surface area contributed by atoms with Crippen molar-refractivity contribution < 1.29 is 9.59 Å². The van der Waals surface area contributed by atoms with E-state index in [1.807, 2.05) is 0 Å². The maximum atomic E-state index is 10.8. The number of rotatable bonds is 4. The van der Waals surface area contributed by atoms with Gasteiger partial charge < -0.3 is 0 Å². The van der Waals surface area contributed by atoms with E-state index in [4.69, 9.17) is 0 Å². The zero-order chi connectivity index (χ0) is 8.85. The Morgan fingerprint density at radius 2 is 1.91 bits per heavy atom. The monoisotopic (exact) mass is 152 g/mol. The van der Waals surface area contributed by atoms with Crippen LogP contribution in [0.4, 0.5) is 0 Å². The third kappa shape index (κ3) is 4.25. The second-order valence-corrected chi connectivity index (χ2v) is 2.30. The van der Waals surface area contributed by atoms with E-state index in [0.29, 0.717) is 12.0 Å². The molecule has 0 N–H and O–H groups in total. The third-order valence-corrected chi connectivity index (χ3v) is 1.19. The van der Waals surface area contributed by atoms with Gasteiger partial charge in [-0.2, -0.15) is 0 Å². The van der Waals surface area contributed by atoms with E-state index in [0.717, 1.165) is 0 Å². The van der Waals surface area contributed by atoms with Crippen molar-refractivity contribution in [2.24, 2.45) is 0 Å². The summed E-state index contributed by atoms with van der Waals surface area (Å²) in [4.78, 5) is 21.5. The van der Waals surface area contributed by atoms with Gasteiger partial charge in [-0.15, -0.1) is 0 Å². The van der Waals surface area contributed by atoms with Crippen LogP contribution in [-0.4, -0.2) is 11.6 Å². The van der Waals surface area contributed by atoms with Crippen molar-refractivity contribution in [3.8, 4) is 0 Å². The molecule has 0 aromatic heterocycles. The highest BCUT2D eigenvalue weighted by atomic mass is 16.1. The molecule has 0 atom stereocenters. The molecule has 0 saturated heterocycles. The highest BCUT2D eigenvalue weighted by molar-refractivity contribution is 6.06. The number of ketones is 2. The SMILES string of the molecule is C=C(C)C(=O)/C=C\C(=O)CC. The van der Waals surface area contributed by atoms with Crippen LogP contribution in [0.3, 0.4) is 0 Å². The quantitative estimate of drug-likeness (QED) is 0.574.